The fraction of sp³-hybridized carbons (Fsp3) is 0.500. The molecular formula is C18H24N4OS. The van der Waals surface area contributed by atoms with Gasteiger partial charge in [-0.3, -0.25) is 9.89 Å². The van der Waals surface area contributed by atoms with Crippen LogP contribution in [0.2, 0.25) is 0 Å². The number of aryl methyl sites for hydroxylation is 1. The summed E-state index contributed by atoms with van der Waals surface area (Å²) in [5.74, 6) is 1.31. The van der Waals surface area contributed by atoms with Crippen molar-refractivity contribution in [3.05, 3.63) is 29.8 Å². The first-order valence-electron chi connectivity index (χ1n) is 8.48. The molecule has 2 heterocycles. The zero-order valence-electron chi connectivity index (χ0n) is 14.5. The van der Waals surface area contributed by atoms with Crippen LogP contribution in [0.15, 0.2) is 29.4 Å². The van der Waals surface area contributed by atoms with E-state index in [1.807, 2.05) is 29.2 Å². The van der Waals surface area contributed by atoms with Gasteiger partial charge in [0.2, 0.25) is 11.1 Å². The van der Waals surface area contributed by atoms with Crippen molar-refractivity contribution < 1.29 is 4.79 Å². The quantitative estimate of drug-likeness (QED) is 0.860. The van der Waals surface area contributed by atoms with E-state index in [2.05, 4.69) is 36.0 Å². The van der Waals surface area contributed by atoms with E-state index in [1.54, 1.807) is 0 Å². The lowest BCUT2D eigenvalue weighted by atomic mass is 9.98. The molecule has 1 aliphatic rings. The first-order chi connectivity index (χ1) is 11.5. The Morgan fingerprint density at radius 3 is 2.58 bits per heavy atom. The minimum Gasteiger partial charge on any atom is -0.337 e. The molecule has 1 aromatic carbocycles. The van der Waals surface area contributed by atoms with Crippen LogP contribution in [0.4, 0.5) is 0 Å². The fourth-order valence-electron chi connectivity index (χ4n) is 3.27. The highest BCUT2D eigenvalue weighted by molar-refractivity contribution is 7.99. The van der Waals surface area contributed by atoms with Gasteiger partial charge in [-0.15, -0.1) is 5.10 Å². The Morgan fingerprint density at radius 2 is 1.92 bits per heavy atom. The van der Waals surface area contributed by atoms with E-state index < -0.39 is 0 Å². The normalized spacial score (nSPS) is 21.0. The number of piperidine rings is 1. The van der Waals surface area contributed by atoms with E-state index in [0.717, 1.165) is 24.2 Å². The smallest absolute Gasteiger partial charge is 0.233 e. The number of thioether (sulfide) groups is 1. The van der Waals surface area contributed by atoms with Gasteiger partial charge in [0.15, 0.2) is 5.82 Å². The Balaban J connectivity index is 1.61. The Hall–Kier alpha value is -1.82. The summed E-state index contributed by atoms with van der Waals surface area (Å²) in [5.41, 5.74) is 2.22. The van der Waals surface area contributed by atoms with Crippen LogP contribution in [0.25, 0.3) is 11.4 Å². The number of benzene rings is 1. The van der Waals surface area contributed by atoms with Gasteiger partial charge in [-0.1, -0.05) is 41.6 Å². The first-order valence-corrected chi connectivity index (χ1v) is 9.46. The van der Waals surface area contributed by atoms with E-state index >= 15 is 0 Å². The number of H-pyrrole nitrogens is 1. The van der Waals surface area contributed by atoms with Crippen LogP contribution >= 0.6 is 11.8 Å². The first kappa shape index (κ1) is 17.0. The Morgan fingerprint density at radius 1 is 1.25 bits per heavy atom. The molecule has 1 aliphatic heterocycles. The minimum atomic E-state index is 0.182. The zero-order valence-corrected chi connectivity index (χ0v) is 15.3. The van der Waals surface area contributed by atoms with Crippen molar-refractivity contribution in [3.8, 4) is 11.4 Å². The Kier molecular flexibility index (Phi) is 5.23. The van der Waals surface area contributed by atoms with Gasteiger partial charge in [-0.25, -0.2) is 4.98 Å². The number of carbonyl (C=O) groups excluding carboxylic acids is 1. The molecule has 0 unspecified atom stereocenters. The Labute approximate surface area is 147 Å². The maximum atomic E-state index is 12.5. The summed E-state index contributed by atoms with van der Waals surface area (Å²) < 4.78 is 0. The number of hydrogen-bond acceptors (Lipinski definition) is 4. The van der Waals surface area contributed by atoms with Gasteiger partial charge in [0.25, 0.3) is 0 Å². The number of rotatable bonds is 4. The molecule has 24 heavy (non-hydrogen) atoms. The lowest BCUT2D eigenvalue weighted by molar-refractivity contribution is -0.134. The molecule has 0 bridgehead atoms. The van der Waals surface area contributed by atoms with Gasteiger partial charge in [-0.2, -0.15) is 0 Å². The maximum absolute atomic E-state index is 12.5. The maximum Gasteiger partial charge on any atom is 0.233 e. The molecule has 0 aliphatic carbocycles. The predicted molar refractivity (Wildman–Crippen MR) is 96.9 cm³/mol. The summed E-state index contributed by atoms with van der Waals surface area (Å²) in [6.07, 6.45) is 3.40. The molecule has 2 aromatic rings. The van der Waals surface area contributed by atoms with Crippen LogP contribution in [0.1, 0.15) is 38.7 Å². The molecule has 128 valence electrons. The van der Waals surface area contributed by atoms with Crippen molar-refractivity contribution in [2.75, 3.05) is 5.75 Å². The van der Waals surface area contributed by atoms with E-state index in [9.17, 15) is 4.79 Å². The van der Waals surface area contributed by atoms with Gasteiger partial charge < -0.3 is 4.90 Å². The van der Waals surface area contributed by atoms with Crippen LogP contribution in [-0.4, -0.2) is 43.8 Å². The van der Waals surface area contributed by atoms with Gasteiger partial charge in [0, 0.05) is 17.6 Å². The fourth-order valence-corrected chi connectivity index (χ4v) is 3.93. The van der Waals surface area contributed by atoms with Crippen molar-refractivity contribution in [2.24, 2.45) is 0 Å². The zero-order chi connectivity index (χ0) is 17.1. The molecule has 1 fully saturated rings. The molecule has 2 atom stereocenters. The van der Waals surface area contributed by atoms with Gasteiger partial charge >= 0.3 is 0 Å². The third-order valence-corrected chi connectivity index (χ3v) is 5.43. The number of nitrogens with one attached hydrogen (secondary N) is 1. The summed E-state index contributed by atoms with van der Waals surface area (Å²) in [6, 6.07) is 8.80. The standard InChI is InChI=1S/C18H24N4OS/c1-12-7-9-15(10-8-12)17-19-18(21-20-17)24-11-16(23)22-13(2)5-4-6-14(22)3/h7-10,13-14H,4-6,11H2,1-3H3,(H,19,20,21)/t13-,14+. The van der Waals surface area contributed by atoms with Gasteiger partial charge in [0.05, 0.1) is 5.75 Å². The van der Waals surface area contributed by atoms with Crippen molar-refractivity contribution in [1.29, 1.82) is 0 Å². The van der Waals surface area contributed by atoms with Crippen molar-refractivity contribution in [2.45, 2.75) is 57.3 Å². The number of carbonyl (C=O) groups is 1. The van der Waals surface area contributed by atoms with Crippen molar-refractivity contribution >= 4 is 17.7 Å². The van der Waals surface area contributed by atoms with E-state index in [1.165, 1.54) is 23.7 Å². The average Bonchev–Trinajstić information content (AvgIpc) is 3.02. The summed E-state index contributed by atoms with van der Waals surface area (Å²) in [6.45, 7) is 6.33. The second kappa shape index (κ2) is 7.38. The van der Waals surface area contributed by atoms with Gasteiger partial charge in [-0.05, 0) is 40.0 Å². The van der Waals surface area contributed by atoms with Crippen LogP contribution in [-0.2, 0) is 4.79 Å². The molecule has 1 N–H and O–H groups in total. The molecule has 1 saturated heterocycles. The summed E-state index contributed by atoms with van der Waals surface area (Å²) in [5, 5.41) is 7.80. The van der Waals surface area contributed by atoms with Crippen molar-refractivity contribution in [1.82, 2.24) is 20.1 Å². The third kappa shape index (κ3) is 3.80. The second-order valence-electron chi connectivity index (χ2n) is 6.55. The lowest BCUT2D eigenvalue weighted by Gasteiger charge is -2.39. The highest BCUT2D eigenvalue weighted by Crippen LogP contribution is 2.25. The largest absolute Gasteiger partial charge is 0.337 e. The molecule has 0 saturated carbocycles. The highest BCUT2D eigenvalue weighted by Gasteiger charge is 2.28. The highest BCUT2D eigenvalue weighted by atomic mass is 32.2. The molecule has 0 radical (unpaired) electrons. The minimum absolute atomic E-state index is 0.182. The number of hydrogen-bond donors (Lipinski definition) is 1. The summed E-state index contributed by atoms with van der Waals surface area (Å²) >= 11 is 1.40. The van der Waals surface area contributed by atoms with Crippen LogP contribution in [0.5, 0.6) is 0 Å². The monoisotopic (exact) mass is 344 g/mol. The van der Waals surface area contributed by atoms with Crippen molar-refractivity contribution in [3.63, 3.8) is 0 Å². The topological polar surface area (TPSA) is 61.9 Å². The van der Waals surface area contributed by atoms with Gasteiger partial charge in [0.1, 0.15) is 0 Å². The lowest BCUT2D eigenvalue weighted by Crippen LogP contribution is -2.48. The predicted octanol–water partition coefficient (Wildman–Crippen LogP) is 3.66. The van der Waals surface area contributed by atoms with Crippen LogP contribution < -0.4 is 0 Å². The molecule has 1 amide bonds. The number of aromatic amines is 1. The molecular weight excluding hydrogens is 320 g/mol. The van der Waals surface area contributed by atoms with E-state index in [-0.39, 0.29) is 5.91 Å². The van der Waals surface area contributed by atoms with Crippen LogP contribution in [0, 0.1) is 6.92 Å². The molecule has 3 rings (SSSR count). The summed E-state index contributed by atoms with van der Waals surface area (Å²) in [4.78, 5) is 19.1. The Bertz CT molecular complexity index is 687. The summed E-state index contributed by atoms with van der Waals surface area (Å²) in [7, 11) is 0. The third-order valence-electron chi connectivity index (χ3n) is 4.60. The van der Waals surface area contributed by atoms with E-state index in [4.69, 9.17) is 0 Å². The number of likely N-dealkylation sites (tertiary alicyclic amines) is 1. The van der Waals surface area contributed by atoms with E-state index in [0.29, 0.717) is 23.0 Å². The average molecular weight is 344 g/mol. The van der Waals surface area contributed by atoms with Crippen LogP contribution in [0.3, 0.4) is 0 Å². The molecule has 5 nitrogen and oxygen atoms in total. The molecule has 6 heteroatoms. The number of nitrogens with zero attached hydrogens (tertiary/aromatic N) is 3. The SMILES string of the molecule is Cc1ccc(-c2nc(SCC(=O)N3[C@H](C)CCC[C@@H]3C)n[nH]2)cc1. The number of amides is 1. The molecule has 0 spiro atoms. The number of aromatic nitrogens is 3. The molecule has 1 aromatic heterocycles. The second-order valence-corrected chi connectivity index (χ2v) is 7.49.